The van der Waals surface area contributed by atoms with Crippen molar-refractivity contribution < 1.29 is 4.79 Å². The number of fused-ring (bicyclic) bond motifs is 2. The quantitative estimate of drug-likeness (QED) is 0.372. The fourth-order valence-corrected chi connectivity index (χ4v) is 4.41. The van der Waals surface area contributed by atoms with E-state index in [1.165, 1.54) is 11.8 Å². The lowest BCUT2D eigenvalue weighted by molar-refractivity contribution is -0.112. The van der Waals surface area contributed by atoms with Crippen molar-refractivity contribution in [1.82, 2.24) is 19.6 Å². The van der Waals surface area contributed by atoms with Crippen molar-refractivity contribution in [1.29, 1.82) is 5.26 Å². The van der Waals surface area contributed by atoms with Gasteiger partial charge in [0.1, 0.15) is 23.3 Å². The van der Waals surface area contributed by atoms with Gasteiger partial charge in [0, 0.05) is 25.9 Å². The molecule has 0 amide bonds. The average molecular weight is 405 g/mol. The van der Waals surface area contributed by atoms with Gasteiger partial charge < -0.3 is 9.80 Å². The summed E-state index contributed by atoms with van der Waals surface area (Å²) >= 11 is 1.25. The number of carbonyl (C=O) groups is 1. The van der Waals surface area contributed by atoms with E-state index in [-0.39, 0.29) is 17.1 Å². The van der Waals surface area contributed by atoms with Gasteiger partial charge in [-0.2, -0.15) is 5.26 Å². The highest BCUT2D eigenvalue weighted by Crippen LogP contribution is 2.40. The van der Waals surface area contributed by atoms with Crippen molar-refractivity contribution >= 4 is 34.6 Å². The van der Waals surface area contributed by atoms with Gasteiger partial charge in [0.15, 0.2) is 16.6 Å². The molecule has 0 atom stereocenters. The predicted octanol–water partition coefficient (Wildman–Crippen LogP) is 2.72. The monoisotopic (exact) mass is 405 g/mol. The Labute approximate surface area is 172 Å². The van der Waals surface area contributed by atoms with Crippen LogP contribution in [0, 0.1) is 25.2 Å². The van der Waals surface area contributed by atoms with E-state index >= 15 is 0 Å². The van der Waals surface area contributed by atoms with Crippen LogP contribution in [0.1, 0.15) is 11.5 Å². The molecule has 0 radical (unpaired) electrons. The highest BCUT2D eigenvalue weighted by molar-refractivity contribution is 7.99. The molecule has 0 bridgehead atoms. The first kappa shape index (κ1) is 19.0. The third kappa shape index (κ3) is 3.11. The highest BCUT2D eigenvalue weighted by atomic mass is 32.2. The molecular formula is C20H19N7OS. The van der Waals surface area contributed by atoms with E-state index in [1.54, 1.807) is 0 Å². The van der Waals surface area contributed by atoms with Gasteiger partial charge in [0.05, 0.1) is 17.1 Å². The number of anilines is 2. The van der Waals surface area contributed by atoms with Crippen LogP contribution in [0.15, 0.2) is 46.9 Å². The van der Waals surface area contributed by atoms with Crippen LogP contribution in [0.2, 0.25) is 0 Å². The lowest BCUT2D eigenvalue weighted by Crippen LogP contribution is -2.26. The SMILES string of the molecule is Cc1cc2nnc(SCC(=O)C(C#N)=C3N(C)c4ccccc4N3C)n2c(C)n1. The normalized spacial score (nSPS) is 13.0. The van der Waals surface area contributed by atoms with E-state index in [0.29, 0.717) is 16.6 Å². The molecule has 1 aliphatic rings. The Morgan fingerprint density at radius 2 is 1.79 bits per heavy atom. The van der Waals surface area contributed by atoms with Crippen molar-refractivity contribution in [3.05, 3.63) is 53.2 Å². The molecular weight excluding hydrogens is 386 g/mol. The Morgan fingerprint density at radius 3 is 2.41 bits per heavy atom. The maximum atomic E-state index is 12.9. The summed E-state index contributed by atoms with van der Waals surface area (Å²) in [5.74, 6) is 1.16. The molecule has 9 heteroatoms. The van der Waals surface area contributed by atoms with Crippen LogP contribution in [0.5, 0.6) is 0 Å². The Hall–Kier alpha value is -3.38. The molecule has 0 saturated heterocycles. The molecule has 3 aromatic rings. The number of nitriles is 1. The fraction of sp³-hybridized carbons (Fsp3) is 0.250. The van der Waals surface area contributed by atoms with Gasteiger partial charge in [-0.1, -0.05) is 23.9 Å². The Kier molecular flexibility index (Phi) is 4.72. The van der Waals surface area contributed by atoms with E-state index in [2.05, 4.69) is 21.3 Å². The molecule has 0 unspecified atom stereocenters. The topological polar surface area (TPSA) is 90.4 Å². The number of hydrogen-bond donors (Lipinski definition) is 0. The molecule has 0 spiro atoms. The van der Waals surface area contributed by atoms with Gasteiger partial charge in [-0.15, -0.1) is 10.2 Å². The van der Waals surface area contributed by atoms with Crippen LogP contribution in [0.3, 0.4) is 0 Å². The van der Waals surface area contributed by atoms with Crippen LogP contribution in [0.25, 0.3) is 5.65 Å². The number of hydrogen-bond acceptors (Lipinski definition) is 8. The number of carbonyl (C=O) groups excluding carboxylic acids is 1. The van der Waals surface area contributed by atoms with Crippen LogP contribution in [0.4, 0.5) is 11.4 Å². The number of benzene rings is 1. The average Bonchev–Trinajstić information content (AvgIpc) is 3.22. The standard InChI is InChI=1S/C20H19N7OS/c1-12-9-18-23-24-20(27(18)13(2)22-12)29-11-17(28)14(10-21)19-25(3)15-7-5-6-8-16(15)26(19)4/h5-9H,11H2,1-4H3. The van der Waals surface area contributed by atoms with Crippen LogP contribution in [-0.4, -0.2) is 45.2 Å². The van der Waals surface area contributed by atoms with E-state index in [1.807, 2.05) is 72.5 Å². The third-order valence-corrected chi connectivity index (χ3v) is 5.77. The minimum Gasteiger partial charge on any atom is -0.328 e. The summed E-state index contributed by atoms with van der Waals surface area (Å²) in [5, 5.41) is 18.7. The van der Waals surface area contributed by atoms with Gasteiger partial charge >= 0.3 is 0 Å². The molecule has 8 nitrogen and oxygen atoms in total. The number of aryl methyl sites for hydroxylation is 2. The van der Waals surface area contributed by atoms with E-state index in [9.17, 15) is 10.1 Å². The number of thioether (sulfide) groups is 1. The molecule has 0 saturated carbocycles. The zero-order valence-corrected chi connectivity index (χ0v) is 17.4. The smallest absolute Gasteiger partial charge is 0.197 e. The second-order valence-electron chi connectivity index (χ2n) is 6.75. The molecule has 146 valence electrons. The molecule has 4 rings (SSSR count). The van der Waals surface area contributed by atoms with Crippen molar-refractivity contribution in [2.45, 2.75) is 19.0 Å². The lowest BCUT2D eigenvalue weighted by atomic mass is 10.2. The molecule has 29 heavy (non-hydrogen) atoms. The summed E-state index contributed by atoms with van der Waals surface area (Å²) in [6.07, 6.45) is 0. The summed E-state index contributed by atoms with van der Waals surface area (Å²) in [6.45, 7) is 3.77. The molecule has 3 heterocycles. The van der Waals surface area contributed by atoms with Gasteiger partial charge in [-0.3, -0.25) is 9.20 Å². The summed E-state index contributed by atoms with van der Waals surface area (Å²) in [7, 11) is 3.72. The maximum Gasteiger partial charge on any atom is 0.197 e. The van der Waals surface area contributed by atoms with Gasteiger partial charge in [-0.05, 0) is 26.0 Å². The molecule has 0 N–H and O–H groups in total. The third-order valence-electron chi connectivity index (χ3n) is 4.84. The summed E-state index contributed by atoms with van der Waals surface area (Å²) < 4.78 is 1.81. The fourth-order valence-electron chi connectivity index (χ4n) is 3.56. The maximum absolute atomic E-state index is 12.9. The lowest BCUT2D eigenvalue weighted by Gasteiger charge is -2.19. The van der Waals surface area contributed by atoms with Gasteiger partial charge in [0.2, 0.25) is 0 Å². The van der Waals surface area contributed by atoms with Crippen molar-refractivity contribution in [3.63, 3.8) is 0 Å². The van der Waals surface area contributed by atoms with E-state index < -0.39 is 0 Å². The molecule has 1 aromatic carbocycles. The summed E-state index contributed by atoms with van der Waals surface area (Å²) in [5.41, 5.74) is 3.59. The van der Waals surface area contributed by atoms with E-state index in [4.69, 9.17) is 0 Å². The van der Waals surface area contributed by atoms with Gasteiger partial charge in [-0.25, -0.2) is 4.98 Å². The second kappa shape index (κ2) is 7.22. The predicted molar refractivity (Wildman–Crippen MR) is 112 cm³/mol. The largest absolute Gasteiger partial charge is 0.328 e. The Balaban J connectivity index is 1.62. The number of allylic oxidation sites excluding steroid dienone is 1. The van der Waals surface area contributed by atoms with Gasteiger partial charge in [0.25, 0.3) is 0 Å². The first-order valence-electron chi connectivity index (χ1n) is 8.98. The Bertz CT molecular complexity index is 1180. The number of para-hydroxylation sites is 2. The zero-order valence-electron chi connectivity index (χ0n) is 16.5. The van der Waals surface area contributed by atoms with Crippen molar-refractivity contribution in [2.24, 2.45) is 0 Å². The Morgan fingerprint density at radius 1 is 1.14 bits per heavy atom. The second-order valence-corrected chi connectivity index (χ2v) is 7.69. The molecule has 2 aromatic heterocycles. The molecule has 0 fully saturated rings. The minimum atomic E-state index is -0.256. The summed E-state index contributed by atoms with van der Waals surface area (Å²) in [4.78, 5) is 21.1. The minimum absolute atomic E-state index is 0.0819. The number of Topliss-reactive ketones (excluding diaryl/α,β-unsaturated/α-hetero) is 1. The number of nitrogens with zero attached hydrogens (tertiary/aromatic N) is 7. The van der Waals surface area contributed by atoms with Crippen LogP contribution < -0.4 is 9.80 Å². The number of aromatic nitrogens is 4. The highest BCUT2D eigenvalue weighted by Gasteiger charge is 2.31. The molecule has 0 aliphatic carbocycles. The van der Waals surface area contributed by atoms with E-state index in [0.717, 1.165) is 22.9 Å². The first-order chi connectivity index (χ1) is 13.9. The number of ketones is 1. The van der Waals surface area contributed by atoms with Crippen molar-refractivity contribution in [2.75, 3.05) is 29.6 Å². The molecule has 1 aliphatic heterocycles. The zero-order chi connectivity index (χ0) is 20.7. The summed E-state index contributed by atoms with van der Waals surface area (Å²) in [6, 6.07) is 11.7. The number of rotatable bonds is 4. The van der Waals surface area contributed by atoms with Crippen LogP contribution >= 0.6 is 11.8 Å². The van der Waals surface area contributed by atoms with Crippen molar-refractivity contribution in [3.8, 4) is 6.07 Å². The first-order valence-corrected chi connectivity index (χ1v) is 9.97. The van der Waals surface area contributed by atoms with Crippen LogP contribution in [-0.2, 0) is 4.79 Å².